The summed E-state index contributed by atoms with van der Waals surface area (Å²) >= 11 is 0. The summed E-state index contributed by atoms with van der Waals surface area (Å²) in [6.45, 7) is 15.0. The van der Waals surface area contributed by atoms with Crippen molar-refractivity contribution < 1.29 is 0 Å². The van der Waals surface area contributed by atoms with E-state index in [4.69, 9.17) is 0 Å². The molecule has 17 heavy (non-hydrogen) atoms. The van der Waals surface area contributed by atoms with Gasteiger partial charge in [0, 0.05) is 0 Å². The van der Waals surface area contributed by atoms with Crippen LogP contribution in [0, 0.1) is 6.92 Å². The largest absolute Gasteiger partial charge is 0.125 e. The van der Waals surface area contributed by atoms with Gasteiger partial charge in [0.15, 0.2) is 0 Å². The maximum atomic E-state index is 3.77. The van der Waals surface area contributed by atoms with Gasteiger partial charge < -0.3 is 0 Å². The smallest absolute Gasteiger partial charge is 0.0695 e. The lowest BCUT2D eigenvalue weighted by molar-refractivity contribution is 1.43. The molecule has 1 aromatic rings. The van der Waals surface area contributed by atoms with E-state index in [0.29, 0.717) is 0 Å². The number of hydrogen-bond acceptors (Lipinski definition) is 0. The number of aryl methyl sites for hydroxylation is 1. The van der Waals surface area contributed by atoms with E-state index in [2.05, 4.69) is 75.8 Å². The molecule has 0 nitrogen and oxygen atoms in total. The summed E-state index contributed by atoms with van der Waals surface area (Å²) in [5.41, 5.74) is 10.4. The topological polar surface area (TPSA) is 0 Å². The van der Waals surface area contributed by atoms with Crippen molar-refractivity contribution in [1.29, 1.82) is 0 Å². The Hall–Kier alpha value is -1.30. The van der Waals surface area contributed by atoms with Crippen LogP contribution in [0.5, 0.6) is 0 Å². The molecular weight excluding hydrogens is 220 g/mol. The molecular formula is C16H22Si. The number of rotatable bonds is 3. The first kappa shape index (κ1) is 13.8. The first-order valence-corrected chi connectivity index (χ1v) is 9.58. The molecule has 1 aromatic carbocycles. The number of allylic oxidation sites excluding steroid dienone is 2. The molecule has 0 saturated heterocycles. The van der Waals surface area contributed by atoms with Gasteiger partial charge in [0.05, 0.1) is 8.07 Å². The van der Waals surface area contributed by atoms with E-state index in [9.17, 15) is 0 Å². The first-order chi connectivity index (χ1) is 7.83. The minimum absolute atomic E-state index is 1.14. The molecule has 0 saturated carbocycles. The van der Waals surface area contributed by atoms with Crippen molar-refractivity contribution in [2.45, 2.75) is 33.5 Å². The Labute approximate surface area is 106 Å². The minimum atomic E-state index is -1.25. The van der Waals surface area contributed by atoms with Crippen molar-refractivity contribution in [1.82, 2.24) is 0 Å². The van der Waals surface area contributed by atoms with Crippen molar-refractivity contribution in [3.8, 4) is 0 Å². The maximum absolute atomic E-state index is 3.77. The maximum Gasteiger partial charge on any atom is 0.0695 e. The van der Waals surface area contributed by atoms with Gasteiger partial charge in [-0.25, -0.2) is 0 Å². The third-order valence-corrected chi connectivity index (χ3v) is 3.76. The molecule has 0 aromatic heterocycles. The van der Waals surface area contributed by atoms with Crippen molar-refractivity contribution in [2.24, 2.45) is 0 Å². The summed E-state index contributed by atoms with van der Waals surface area (Å²) in [5, 5.41) is 0. The van der Waals surface area contributed by atoms with Crippen LogP contribution in [-0.4, -0.2) is 8.07 Å². The molecule has 0 spiro atoms. The average molecular weight is 242 g/mol. The van der Waals surface area contributed by atoms with Gasteiger partial charge in [0.1, 0.15) is 0 Å². The summed E-state index contributed by atoms with van der Waals surface area (Å²) < 4.78 is 0. The molecule has 1 rings (SSSR count). The van der Waals surface area contributed by atoms with E-state index in [-0.39, 0.29) is 0 Å². The zero-order chi connectivity index (χ0) is 13.1. The van der Waals surface area contributed by atoms with Crippen LogP contribution in [0.25, 0.3) is 5.57 Å². The molecule has 0 amide bonds. The quantitative estimate of drug-likeness (QED) is 0.398. The highest BCUT2D eigenvalue weighted by Crippen LogP contribution is 2.25. The highest BCUT2D eigenvalue weighted by molar-refractivity contribution is 6.81. The summed E-state index contributed by atoms with van der Waals surface area (Å²) in [6.07, 6.45) is 0. The molecule has 1 heteroatoms. The van der Waals surface area contributed by atoms with Gasteiger partial charge in [-0.3, -0.25) is 0 Å². The van der Waals surface area contributed by atoms with E-state index >= 15 is 0 Å². The average Bonchev–Trinajstić information content (AvgIpc) is 2.25. The van der Waals surface area contributed by atoms with E-state index in [1.54, 1.807) is 0 Å². The predicted octanol–water partition coefficient (Wildman–Crippen LogP) is 4.99. The van der Waals surface area contributed by atoms with Gasteiger partial charge in [-0.15, -0.1) is 5.73 Å². The Morgan fingerprint density at radius 3 is 2.12 bits per heavy atom. The second-order valence-electron chi connectivity index (χ2n) is 5.59. The SMILES string of the molecule is C=C=C(C)/C(=C/[Si](C)(C)C)c1ccc(C)cc1. The lowest BCUT2D eigenvalue weighted by Gasteiger charge is -2.15. The standard InChI is InChI=1S/C16H22Si/c1-7-14(3)16(12-17(4,5)6)15-10-8-13(2)9-11-15/h8-12H,1H2,2-6H3/b16-12-. The van der Waals surface area contributed by atoms with E-state index in [1.807, 2.05) is 0 Å². The lowest BCUT2D eigenvalue weighted by Crippen LogP contribution is -2.16. The van der Waals surface area contributed by atoms with Crippen LogP contribution in [-0.2, 0) is 0 Å². The minimum Gasteiger partial charge on any atom is -0.125 e. The third kappa shape index (κ3) is 4.22. The zero-order valence-electron chi connectivity index (χ0n) is 11.6. The molecule has 0 aliphatic rings. The monoisotopic (exact) mass is 242 g/mol. The van der Waals surface area contributed by atoms with Crippen LogP contribution in [0.3, 0.4) is 0 Å². The molecule has 0 fully saturated rings. The molecule has 0 aliphatic heterocycles. The summed E-state index contributed by atoms with van der Waals surface area (Å²) in [5.74, 6) is 0. The Kier molecular flexibility index (Phi) is 4.33. The lowest BCUT2D eigenvalue weighted by atomic mass is 10.0. The molecule has 90 valence electrons. The first-order valence-electron chi connectivity index (χ1n) is 6.00. The van der Waals surface area contributed by atoms with Gasteiger partial charge in [0.25, 0.3) is 0 Å². The Morgan fingerprint density at radius 1 is 1.18 bits per heavy atom. The molecule has 0 heterocycles. The number of benzene rings is 1. The van der Waals surface area contributed by atoms with Gasteiger partial charge in [0.2, 0.25) is 0 Å². The van der Waals surface area contributed by atoms with Gasteiger partial charge >= 0.3 is 0 Å². The van der Waals surface area contributed by atoms with Crippen molar-refractivity contribution in [2.75, 3.05) is 0 Å². The number of hydrogen-bond donors (Lipinski definition) is 0. The fourth-order valence-electron chi connectivity index (χ4n) is 1.67. The molecule has 0 unspecified atom stereocenters. The molecule has 0 atom stereocenters. The normalized spacial score (nSPS) is 12.2. The van der Waals surface area contributed by atoms with Crippen molar-refractivity contribution >= 4 is 13.6 Å². The molecule has 0 radical (unpaired) electrons. The van der Waals surface area contributed by atoms with Crippen LogP contribution in [0.4, 0.5) is 0 Å². The third-order valence-electron chi connectivity index (χ3n) is 2.61. The van der Waals surface area contributed by atoms with Crippen molar-refractivity contribution in [3.05, 3.63) is 59.0 Å². The second-order valence-corrected chi connectivity index (χ2v) is 10.6. The van der Waals surface area contributed by atoms with Crippen LogP contribution in [0.15, 0.2) is 47.8 Å². The predicted molar refractivity (Wildman–Crippen MR) is 80.8 cm³/mol. The fourth-order valence-corrected chi connectivity index (χ4v) is 2.92. The van der Waals surface area contributed by atoms with E-state index < -0.39 is 8.07 Å². The fraction of sp³-hybridized carbons (Fsp3) is 0.312. The highest BCUT2D eigenvalue weighted by atomic mass is 28.3. The molecule has 0 bridgehead atoms. The van der Waals surface area contributed by atoms with Crippen LogP contribution in [0.1, 0.15) is 18.1 Å². The van der Waals surface area contributed by atoms with E-state index in [1.165, 1.54) is 16.7 Å². The van der Waals surface area contributed by atoms with Gasteiger partial charge in [-0.2, -0.15) is 0 Å². The van der Waals surface area contributed by atoms with E-state index in [0.717, 1.165) is 5.57 Å². The van der Waals surface area contributed by atoms with Crippen LogP contribution >= 0.6 is 0 Å². The highest BCUT2D eigenvalue weighted by Gasteiger charge is 2.13. The summed E-state index contributed by atoms with van der Waals surface area (Å²) in [4.78, 5) is 0. The van der Waals surface area contributed by atoms with Gasteiger partial charge in [-0.05, 0) is 30.6 Å². The zero-order valence-corrected chi connectivity index (χ0v) is 12.6. The van der Waals surface area contributed by atoms with Crippen molar-refractivity contribution in [3.63, 3.8) is 0 Å². The molecule has 0 N–H and O–H groups in total. The Balaban J connectivity index is 3.30. The Morgan fingerprint density at radius 2 is 1.71 bits per heavy atom. The summed E-state index contributed by atoms with van der Waals surface area (Å²) in [7, 11) is -1.25. The van der Waals surface area contributed by atoms with Gasteiger partial charge in [-0.1, -0.05) is 61.7 Å². The Bertz CT molecular complexity index is 463. The summed E-state index contributed by atoms with van der Waals surface area (Å²) in [6, 6.07) is 8.68. The van der Waals surface area contributed by atoms with Crippen LogP contribution in [0.2, 0.25) is 19.6 Å². The van der Waals surface area contributed by atoms with Crippen LogP contribution < -0.4 is 0 Å². The second kappa shape index (κ2) is 5.35. The molecule has 0 aliphatic carbocycles.